The zero-order valence-corrected chi connectivity index (χ0v) is 10.2. The molecule has 1 aromatic rings. The van der Waals surface area contributed by atoms with Crippen molar-refractivity contribution in [2.45, 2.75) is 31.8 Å². The lowest BCUT2D eigenvalue weighted by Crippen LogP contribution is -2.29. The Morgan fingerprint density at radius 2 is 2.38 bits per heavy atom. The van der Waals surface area contributed by atoms with E-state index >= 15 is 0 Å². The molecule has 16 heavy (non-hydrogen) atoms. The van der Waals surface area contributed by atoms with Gasteiger partial charge in [0.2, 0.25) is 0 Å². The molecule has 1 aliphatic heterocycles. The lowest BCUT2D eigenvalue weighted by Gasteiger charge is -2.25. The molecule has 1 fully saturated rings. The second kappa shape index (κ2) is 4.18. The highest BCUT2D eigenvalue weighted by Crippen LogP contribution is 2.25. The highest BCUT2D eigenvalue weighted by Gasteiger charge is 2.27. The molecular weight excluding hydrogens is 226 g/mol. The fourth-order valence-electron chi connectivity index (χ4n) is 2.19. The molecule has 2 heterocycles. The van der Waals surface area contributed by atoms with Crippen molar-refractivity contribution in [3.05, 3.63) is 18.2 Å². The van der Waals surface area contributed by atoms with Gasteiger partial charge in [-0.2, -0.15) is 0 Å². The van der Waals surface area contributed by atoms with Crippen LogP contribution in [0.2, 0.25) is 0 Å². The van der Waals surface area contributed by atoms with Gasteiger partial charge in [-0.3, -0.25) is 0 Å². The van der Waals surface area contributed by atoms with E-state index in [1.807, 2.05) is 11.5 Å². The normalized spacial score (nSPS) is 26.5. The molecule has 0 saturated carbocycles. The number of rotatable bonds is 2. The SMILES string of the molecule is C[C@@H](N)c1cncn1C1CCCS(=O)(=O)C1. The van der Waals surface area contributed by atoms with E-state index < -0.39 is 9.84 Å². The zero-order valence-electron chi connectivity index (χ0n) is 9.33. The average Bonchev–Trinajstić information content (AvgIpc) is 2.64. The Morgan fingerprint density at radius 3 is 3.00 bits per heavy atom. The minimum atomic E-state index is -2.89. The molecule has 0 aliphatic carbocycles. The number of sulfone groups is 1. The second-order valence-electron chi connectivity index (χ2n) is 4.42. The summed E-state index contributed by atoms with van der Waals surface area (Å²) in [5, 5.41) is 0. The van der Waals surface area contributed by atoms with Gasteiger partial charge in [-0.15, -0.1) is 0 Å². The van der Waals surface area contributed by atoms with Crippen LogP contribution < -0.4 is 5.73 Å². The van der Waals surface area contributed by atoms with Crippen LogP contribution in [0.1, 0.15) is 37.5 Å². The number of nitrogens with two attached hydrogens (primary N) is 1. The number of imidazole rings is 1. The van der Waals surface area contributed by atoms with Crippen LogP contribution in [-0.2, 0) is 9.84 Å². The van der Waals surface area contributed by atoms with Gasteiger partial charge in [0.15, 0.2) is 9.84 Å². The van der Waals surface area contributed by atoms with Crippen molar-refractivity contribution in [3.63, 3.8) is 0 Å². The van der Waals surface area contributed by atoms with E-state index in [0.717, 1.165) is 18.5 Å². The van der Waals surface area contributed by atoms with E-state index in [4.69, 9.17) is 5.73 Å². The molecular formula is C10H17N3O2S. The molecule has 1 saturated heterocycles. The Kier molecular flexibility index (Phi) is 3.03. The lowest BCUT2D eigenvalue weighted by atomic mass is 10.1. The predicted octanol–water partition coefficient (Wildman–Crippen LogP) is 0.653. The molecule has 0 aromatic carbocycles. The summed E-state index contributed by atoms with van der Waals surface area (Å²) >= 11 is 0. The van der Waals surface area contributed by atoms with Gasteiger partial charge in [-0.05, 0) is 19.8 Å². The van der Waals surface area contributed by atoms with E-state index in [0.29, 0.717) is 5.75 Å². The molecule has 90 valence electrons. The molecule has 1 unspecified atom stereocenters. The van der Waals surface area contributed by atoms with Crippen LogP contribution in [-0.4, -0.2) is 29.5 Å². The summed E-state index contributed by atoms with van der Waals surface area (Å²) in [5.74, 6) is 0.523. The Hall–Kier alpha value is -0.880. The molecule has 2 N–H and O–H groups in total. The maximum atomic E-state index is 11.6. The van der Waals surface area contributed by atoms with Gasteiger partial charge in [0, 0.05) is 18.3 Å². The van der Waals surface area contributed by atoms with Crippen molar-refractivity contribution in [3.8, 4) is 0 Å². The molecule has 6 heteroatoms. The lowest BCUT2D eigenvalue weighted by molar-refractivity contribution is 0.452. The summed E-state index contributed by atoms with van der Waals surface area (Å²) in [6.07, 6.45) is 5.01. The van der Waals surface area contributed by atoms with Gasteiger partial charge in [0.05, 0.1) is 23.5 Å². The number of hydrogen-bond donors (Lipinski definition) is 1. The molecule has 0 spiro atoms. The summed E-state index contributed by atoms with van der Waals surface area (Å²) in [4.78, 5) is 4.05. The smallest absolute Gasteiger partial charge is 0.152 e. The fraction of sp³-hybridized carbons (Fsp3) is 0.700. The second-order valence-corrected chi connectivity index (χ2v) is 6.65. The number of hydrogen-bond acceptors (Lipinski definition) is 4. The van der Waals surface area contributed by atoms with E-state index in [1.54, 1.807) is 12.5 Å². The van der Waals surface area contributed by atoms with Gasteiger partial charge in [-0.25, -0.2) is 13.4 Å². The van der Waals surface area contributed by atoms with Gasteiger partial charge in [0.1, 0.15) is 0 Å². The monoisotopic (exact) mass is 243 g/mol. The van der Waals surface area contributed by atoms with Gasteiger partial charge in [-0.1, -0.05) is 0 Å². The number of aromatic nitrogens is 2. The first-order chi connectivity index (χ1) is 7.49. The van der Waals surface area contributed by atoms with E-state index in [9.17, 15) is 8.42 Å². The predicted molar refractivity (Wildman–Crippen MR) is 61.8 cm³/mol. The molecule has 1 aliphatic rings. The average molecular weight is 243 g/mol. The summed E-state index contributed by atoms with van der Waals surface area (Å²) in [7, 11) is -2.89. The van der Waals surface area contributed by atoms with E-state index in [2.05, 4.69) is 4.98 Å². The molecule has 0 bridgehead atoms. The highest BCUT2D eigenvalue weighted by molar-refractivity contribution is 7.91. The van der Waals surface area contributed by atoms with E-state index in [-0.39, 0.29) is 17.8 Å². The van der Waals surface area contributed by atoms with Crippen LogP contribution in [0.25, 0.3) is 0 Å². The minimum Gasteiger partial charge on any atom is -0.329 e. The third-order valence-corrected chi connectivity index (χ3v) is 4.80. The van der Waals surface area contributed by atoms with Gasteiger partial charge < -0.3 is 10.3 Å². The zero-order chi connectivity index (χ0) is 11.8. The molecule has 2 atom stereocenters. The Morgan fingerprint density at radius 1 is 1.62 bits per heavy atom. The quantitative estimate of drug-likeness (QED) is 0.827. The van der Waals surface area contributed by atoms with Crippen LogP contribution in [0.5, 0.6) is 0 Å². The Labute approximate surface area is 95.6 Å². The molecule has 1 aromatic heterocycles. The maximum Gasteiger partial charge on any atom is 0.152 e. The molecule has 0 radical (unpaired) electrons. The van der Waals surface area contributed by atoms with Crippen LogP contribution >= 0.6 is 0 Å². The Bertz CT molecular complexity index is 464. The van der Waals surface area contributed by atoms with Crippen LogP contribution in [0.3, 0.4) is 0 Å². The van der Waals surface area contributed by atoms with Crippen LogP contribution in [0.4, 0.5) is 0 Å². The van der Waals surface area contributed by atoms with Crippen molar-refractivity contribution >= 4 is 9.84 Å². The number of nitrogens with zero attached hydrogens (tertiary/aromatic N) is 2. The standard InChI is InChI=1S/C10H17N3O2S/c1-8(11)10-5-12-7-13(10)9-3-2-4-16(14,15)6-9/h5,7-9H,2-4,6,11H2,1H3/t8-,9?/m1/s1. The van der Waals surface area contributed by atoms with Gasteiger partial charge >= 0.3 is 0 Å². The van der Waals surface area contributed by atoms with Crippen molar-refractivity contribution in [1.82, 2.24) is 9.55 Å². The van der Waals surface area contributed by atoms with Crippen molar-refractivity contribution in [1.29, 1.82) is 0 Å². The topological polar surface area (TPSA) is 78.0 Å². The van der Waals surface area contributed by atoms with Crippen LogP contribution in [0, 0.1) is 0 Å². The summed E-state index contributed by atoms with van der Waals surface area (Å²) in [6.45, 7) is 1.88. The summed E-state index contributed by atoms with van der Waals surface area (Å²) in [5.41, 5.74) is 6.73. The highest BCUT2D eigenvalue weighted by atomic mass is 32.2. The largest absolute Gasteiger partial charge is 0.329 e. The summed E-state index contributed by atoms with van der Waals surface area (Å²) in [6, 6.07) is -0.116. The Balaban J connectivity index is 2.27. The van der Waals surface area contributed by atoms with Gasteiger partial charge in [0.25, 0.3) is 0 Å². The third kappa shape index (κ3) is 2.27. The molecule has 0 amide bonds. The first-order valence-corrected chi connectivity index (χ1v) is 7.29. The van der Waals surface area contributed by atoms with Crippen LogP contribution in [0.15, 0.2) is 12.5 Å². The maximum absolute atomic E-state index is 11.6. The first kappa shape index (κ1) is 11.6. The van der Waals surface area contributed by atoms with Crippen molar-refractivity contribution in [2.75, 3.05) is 11.5 Å². The summed E-state index contributed by atoms with van der Waals surface area (Å²) < 4.78 is 25.1. The van der Waals surface area contributed by atoms with Crippen molar-refractivity contribution < 1.29 is 8.42 Å². The minimum absolute atomic E-state index is 0.00208. The molecule has 5 nitrogen and oxygen atoms in total. The molecule has 2 rings (SSSR count). The fourth-order valence-corrected chi connectivity index (χ4v) is 3.88. The van der Waals surface area contributed by atoms with E-state index in [1.165, 1.54) is 0 Å². The first-order valence-electron chi connectivity index (χ1n) is 5.47. The van der Waals surface area contributed by atoms with Crippen molar-refractivity contribution in [2.24, 2.45) is 5.73 Å². The third-order valence-electron chi connectivity index (χ3n) is 2.99.